The molecular formula is C12H15N3OS. The lowest BCUT2D eigenvalue weighted by Gasteiger charge is -2.28. The van der Waals surface area contributed by atoms with Crippen LogP contribution < -0.4 is 16.0 Å². The van der Waals surface area contributed by atoms with E-state index in [1.165, 1.54) is 17.2 Å². The molecule has 3 rings (SSSR count). The second-order valence-corrected chi connectivity index (χ2v) is 5.56. The molecule has 2 aliphatic heterocycles. The van der Waals surface area contributed by atoms with Gasteiger partial charge >= 0.3 is 0 Å². The van der Waals surface area contributed by atoms with Crippen molar-refractivity contribution in [3.63, 3.8) is 0 Å². The number of hydrogen-bond donors (Lipinski definition) is 2. The molecule has 1 aromatic carbocycles. The van der Waals surface area contributed by atoms with Gasteiger partial charge in [0, 0.05) is 41.5 Å². The highest BCUT2D eigenvalue weighted by atomic mass is 32.2. The van der Waals surface area contributed by atoms with E-state index in [1.54, 1.807) is 0 Å². The second kappa shape index (κ2) is 4.23. The highest BCUT2D eigenvalue weighted by molar-refractivity contribution is 7.99. The summed E-state index contributed by atoms with van der Waals surface area (Å²) in [5, 5.41) is 2.83. The topological polar surface area (TPSA) is 58.4 Å². The van der Waals surface area contributed by atoms with E-state index < -0.39 is 6.04 Å². The molecule has 1 unspecified atom stereocenters. The molecule has 0 saturated carbocycles. The van der Waals surface area contributed by atoms with Crippen molar-refractivity contribution in [1.29, 1.82) is 0 Å². The van der Waals surface area contributed by atoms with Gasteiger partial charge in [-0.15, -0.1) is 0 Å². The Hall–Kier alpha value is -1.20. The Morgan fingerprint density at radius 2 is 2.12 bits per heavy atom. The second-order valence-electron chi connectivity index (χ2n) is 4.34. The number of hydrogen-bond acceptors (Lipinski definition) is 4. The van der Waals surface area contributed by atoms with E-state index in [0.29, 0.717) is 0 Å². The molecule has 90 valence electrons. The molecule has 1 atom stereocenters. The summed E-state index contributed by atoms with van der Waals surface area (Å²) in [7, 11) is 0. The average molecular weight is 249 g/mol. The normalized spacial score (nSPS) is 23.5. The molecule has 5 heteroatoms. The summed E-state index contributed by atoms with van der Waals surface area (Å²) >= 11 is 1.99. The first kappa shape index (κ1) is 10.9. The zero-order chi connectivity index (χ0) is 11.8. The number of nitrogens with zero attached hydrogens (tertiary/aromatic N) is 1. The fourth-order valence-corrected chi connectivity index (χ4v) is 3.20. The van der Waals surface area contributed by atoms with Gasteiger partial charge in [-0.25, -0.2) is 0 Å². The van der Waals surface area contributed by atoms with Crippen molar-refractivity contribution < 1.29 is 4.79 Å². The van der Waals surface area contributed by atoms with Crippen LogP contribution in [0.3, 0.4) is 0 Å². The maximum absolute atomic E-state index is 11.5. The monoisotopic (exact) mass is 249 g/mol. The quantitative estimate of drug-likeness (QED) is 0.785. The first-order chi connectivity index (χ1) is 8.25. The minimum atomic E-state index is -0.504. The van der Waals surface area contributed by atoms with Gasteiger partial charge in [0.2, 0.25) is 5.91 Å². The van der Waals surface area contributed by atoms with Crippen LogP contribution >= 0.6 is 11.8 Å². The fourth-order valence-electron chi connectivity index (χ4n) is 2.29. The number of carbonyl (C=O) groups excluding carboxylic acids is 1. The standard InChI is InChI=1S/C12H15N3OS/c13-11-9-2-1-8(7-10(9)14-12(11)16)15-3-5-17-6-4-15/h1-2,7,11H,3-6,13H2,(H,14,16). The predicted molar refractivity (Wildman–Crippen MR) is 71.5 cm³/mol. The number of anilines is 2. The summed E-state index contributed by atoms with van der Waals surface area (Å²) in [5.74, 6) is 2.23. The van der Waals surface area contributed by atoms with Crippen molar-refractivity contribution in [3.8, 4) is 0 Å². The smallest absolute Gasteiger partial charge is 0.245 e. The Balaban J connectivity index is 1.89. The largest absolute Gasteiger partial charge is 0.370 e. The maximum atomic E-state index is 11.5. The minimum Gasteiger partial charge on any atom is -0.370 e. The molecule has 2 heterocycles. The average Bonchev–Trinajstić information content (AvgIpc) is 2.66. The first-order valence-electron chi connectivity index (χ1n) is 5.79. The van der Waals surface area contributed by atoms with E-state index in [4.69, 9.17) is 5.73 Å². The van der Waals surface area contributed by atoms with E-state index in [1.807, 2.05) is 23.9 Å². The number of carbonyl (C=O) groups is 1. The number of fused-ring (bicyclic) bond motifs is 1. The third-order valence-electron chi connectivity index (χ3n) is 3.29. The van der Waals surface area contributed by atoms with E-state index >= 15 is 0 Å². The van der Waals surface area contributed by atoms with Crippen LogP contribution in [0, 0.1) is 0 Å². The summed E-state index contributed by atoms with van der Waals surface area (Å²) in [6.45, 7) is 2.15. The lowest BCUT2D eigenvalue weighted by molar-refractivity contribution is -0.116. The molecular weight excluding hydrogens is 234 g/mol. The first-order valence-corrected chi connectivity index (χ1v) is 6.94. The summed E-state index contributed by atoms with van der Waals surface area (Å²) in [5.41, 5.74) is 8.75. The van der Waals surface area contributed by atoms with Crippen molar-refractivity contribution in [1.82, 2.24) is 0 Å². The molecule has 0 spiro atoms. The highest BCUT2D eigenvalue weighted by Crippen LogP contribution is 2.33. The van der Waals surface area contributed by atoms with Crippen LogP contribution in [0.2, 0.25) is 0 Å². The van der Waals surface area contributed by atoms with Gasteiger partial charge in [-0.3, -0.25) is 4.79 Å². The SMILES string of the molecule is NC1C(=O)Nc2cc(N3CCSCC3)ccc21. The third-order valence-corrected chi connectivity index (χ3v) is 4.23. The molecule has 2 aliphatic rings. The van der Waals surface area contributed by atoms with Gasteiger partial charge in [-0.05, 0) is 12.1 Å². The molecule has 1 fully saturated rings. The van der Waals surface area contributed by atoms with Crippen LogP contribution in [0.25, 0.3) is 0 Å². The Kier molecular flexibility index (Phi) is 2.72. The number of nitrogens with two attached hydrogens (primary N) is 1. The molecule has 1 aromatic rings. The fraction of sp³-hybridized carbons (Fsp3) is 0.417. The Morgan fingerprint density at radius 3 is 2.88 bits per heavy atom. The highest BCUT2D eigenvalue weighted by Gasteiger charge is 2.27. The molecule has 1 amide bonds. The van der Waals surface area contributed by atoms with Gasteiger partial charge in [0.25, 0.3) is 0 Å². The molecule has 0 aromatic heterocycles. The van der Waals surface area contributed by atoms with Crippen molar-refractivity contribution >= 4 is 29.0 Å². The van der Waals surface area contributed by atoms with Gasteiger partial charge in [-0.2, -0.15) is 11.8 Å². The van der Waals surface area contributed by atoms with Gasteiger partial charge < -0.3 is 16.0 Å². The van der Waals surface area contributed by atoms with Gasteiger partial charge in [0.15, 0.2) is 0 Å². The molecule has 3 N–H and O–H groups in total. The van der Waals surface area contributed by atoms with Crippen molar-refractivity contribution in [2.75, 3.05) is 34.8 Å². The van der Waals surface area contributed by atoms with Crippen LogP contribution in [-0.2, 0) is 4.79 Å². The number of amides is 1. The van der Waals surface area contributed by atoms with E-state index in [0.717, 1.165) is 24.3 Å². The van der Waals surface area contributed by atoms with Crippen LogP contribution in [-0.4, -0.2) is 30.5 Å². The van der Waals surface area contributed by atoms with Gasteiger partial charge in [0.05, 0.1) is 0 Å². The minimum absolute atomic E-state index is 0.105. The van der Waals surface area contributed by atoms with E-state index in [9.17, 15) is 4.79 Å². The molecule has 17 heavy (non-hydrogen) atoms. The molecule has 4 nitrogen and oxygen atoms in total. The van der Waals surface area contributed by atoms with E-state index in [-0.39, 0.29) is 5.91 Å². The molecule has 0 radical (unpaired) electrons. The maximum Gasteiger partial charge on any atom is 0.245 e. The zero-order valence-corrected chi connectivity index (χ0v) is 10.3. The van der Waals surface area contributed by atoms with Crippen LogP contribution in [0.15, 0.2) is 18.2 Å². The Morgan fingerprint density at radius 1 is 1.35 bits per heavy atom. The van der Waals surface area contributed by atoms with Crippen LogP contribution in [0.4, 0.5) is 11.4 Å². The third kappa shape index (κ3) is 1.89. The molecule has 0 aliphatic carbocycles. The number of rotatable bonds is 1. The molecule has 1 saturated heterocycles. The molecule has 0 bridgehead atoms. The number of nitrogens with one attached hydrogen (secondary N) is 1. The lowest BCUT2D eigenvalue weighted by Crippen LogP contribution is -2.32. The van der Waals surface area contributed by atoms with Crippen molar-refractivity contribution in [3.05, 3.63) is 23.8 Å². The summed E-state index contributed by atoms with van der Waals surface area (Å²) in [4.78, 5) is 13.8. The summed E-state index contributed by atoms with van der Waals surface area (Å²) in [6.07, 6.45) is 0. The van der Waals surface area contributed by atoms with Crippen molar-refractivity contribution in [2.45, 2.75) is 6.04 Å². The lowest BCUT2D eigenvalue weighted by atomic mass is 10.1. The summed E-state index contributed by atoms with van der Waals surface area (Å²) in [6, 6.07) is 5.57. The van der Waals surface area contributed by atoms with Gasteiger partial charge in [-0.1, -0.05) is 6.07 Å². The number of thioether (sulfide) groups is 1. The Bertz CT molecular complexity index is 457. The van der Waals surface area contributed by atoms with Crippen molar-refractivity contribution in [2.24, 2.45) is 5.73 Å². The van der Waals surface area contributed by atoms with E-state index in [2.05, 4.69) is 16.3 Å². The van der Waals surface area contributed by atoms with Crippen LogP contribution in [0.5, 0.6) is 0 Å². The Labute approximate surface area is 105 Å². The predicted octanol–water partition coefficient (Wildman–Crippen LogP) is 1.19. The van der Waals surface area contributed by atoms with Crippen LogP contribution in [0.1, 0.15) is 11.6 Å². The van der Waals surface area contributed by atoms with Gasteiger partial charge in [0.1, 0.15) is 6.04 Å². The number of benzene rings is 1. The zero-order valence-electron chi connectivity index (χ0n) is 9.48. The summed E-state index contributed by atoms with van der Waals surface area (Å²) < 4.78 is 0.